The van der Waals surface area contributed by atoms with Gasteiger partial charge in [0.15, 0.2) is 5.88 Å². The van der Waals surface area contributed by atoms with E-state index in [2.05, 4.69) is 34.4 Å². The number of alkyl halides is 1. The number of carbonyl (C=O) groups excluding carboxylic acids is 1. The Kier molecular flexibility index (Phi) is 16.4. The molecule has 0 spiro atoms. The lowest BCUT2D eigenvalue weighted by Gasteiger charge is -2.10. The minimum Gasteiger partial charge on any atom is -0.494 e. The van der Waals surface area contributed by atoms with E-state index >= 15 is 0 Å². The Balaban J connectivity index is 2.08. The third kappa shape index (κ3) is 12.9. The number of aromatic hydroxyl groups is 2. The van der Waals surface area contributed by atoms with Gasteiger partial charge in [0.05, 0.1) is 56.4 Å². The molecule has 0 aliphatic rings. The number of nitrogens with one attached hydrogen (secondary N) is 1. The van der Waals surface area contributed by atoms with Gasteiger partial charge in [0, 0.05) is 12.6 Å². The average molecular weight is 544 g/mol. The second kappa shape index (κ2) is 17.9. The van der Waals surface area contributed by atoms with Crippen molar-refractivity contribution in [2.75, 3.05) is 69.3 Å². The highest BCUT2D eigenvalue weighted by Crippen LogP contribution is 2.36. The summed E-state index contributed by atoms with van der Waals surface area (Å²) in [5.74, 6) is 2.73. The van der Waals surface area contributed by atoms with Gasteiger partial charge in [0.25, 0.3) is 0 Å². The third-order valence-corrected chi connectivity index (χ3v) is 6.69. The van der Waals surface area contributed by atoms with E-state index in [1.54, 1.807) is 17.8 Å². The van der Waals surface area contributed by atoms with E-state index in [4.69, 9.17) is 14.2 Å². The van der Waals surface area contributed by atoms with Crippen LogP contribution in [-0.2, 0) is 25.5 Å². The quantitative estimate of drug-likeness (QED) is 0.139. The lowest BCUT2D eigenvalue weighted by molar-refractivity contribution is -0.118. The Hall–Kier alpha value is -0.590. The summed E-state index contributed by atoms with van der Waals surface area (Å²) in [7, 11) is 0. The molecule has 11 heteroatoms. The van der Waals surface area contributed by atoms with Gasteiger partial charge in [-0.25, -0.2) is 0 Å². The number of nitrogens with zero attached hydrogens (tertiary/aromatic N) is 1. The van der Waals surface area contributed by atoms with Gasteiger partial charge < -0.3 is 29.7 Å². The highest BCUT2D eigenvalue weighted by atomic mass is 79.9. The Morgan fingerprint density at radius 3 is 2.45 bits per heavy atom. The van der Waals surface area contributed by atoms with Gasteiger partial charge in [-0.15, -0.1) is 11.8 Å². The van der Waals surface area contributed by atoms with Crippen molar-refractivity contribution >= 4 is 45.4 Å². The Labute approximate surface area is 201 Å². The topological polar surface area (TPSA) is 102 Å². The summed E-state index contributed by atoms with van der Waals surface area (Å²) in [5.41, 5.74) is 0. The Morgan fingerprint density at radius 2 is 1.81 bits per heavy atom. The summed E-state index contributed by atoms with van der Waals surface area (Å²) in [6.07, 6.45) is 3.17. The molecule has 180 valence electrons. The molecule has 1 amide bonds. The van der Waals surface area contributed by atoms with Crippen LogP contribution in [0.5, 0.6) is 11.8 Å². The molecular formula is C20H35BrN2O6S2. The predicted molar refractivity (Wildman–Crippen MR) is 130 cm³/mol. The molecule has 1 heterocycles. The van der Waals surface area contributed by atoms with Crippen LogP contribution < -0.4 is 5.32 Å². The zero-order valence-corrected chi connectivity index (χ0v) is 21.5. The molecule has 1 aromatic heterocycles. The molecule has 0 aliphatic carbocycles. The predicted octanol–water partition coefficient (Wildman–Crippen LogP) is 2.94. The second-order valence-corrected chi connectivity index (χ2v) is 9.47. The van der Waals surface area contributed by atoms with Crippen LogP contribution in [0.1, 0.15) is 13.3 Å². The first-order valence-electron chi connectivity index (χ1n) is 10.3. The molecule has 0 bridgehead atoms. The van der Waals surface area contributed by atoms with Gasteiger partial charge in [-0.1, -0.05) is 22.9 Å². The fourth-order valence-electron chi connectivity index (χ4n) is 2.57. The van der Waals surface area contributed by atoms with E-state index in [1.807, 2.05) is 11.8 Å². The molecule has 31 heavy (non-hydrogen) atoms. The molecule has 0 aromatic carbocycles. The van der Waals surface area contributed by atoms with Crippen LogP contribution in [0.2, 0.25) is 0 Å². The first-order valence-corrected chi connectivity index (χ1v) is 13.8. The van der Waals surface area contributed by atoms with Crippen LogP contribution in [0, 0.1) is 5.92 Å². The molecule has 1 rings (SSSR count). The summed E-state index contributed by atoms with van der Waals surface area (Å²) in [5, 5.41) is 23.4. The summed E-state index contributed by atoms with van der Waals surface area (Å²) < 4.78 is 17.7. The lowest BCUT2D eigenvalue weighted by Crippen LogP contribution is -2.28. The minimum atomic E-state index is -0.0650. The Morgan fingerprint density at radius 1 is 1.16 bits per heavy atom. The first kappa shape index (κ1) is 28.4. The molecular weight excluding hydrogens is 508 g/mol. The number of aromatic nitrogens is 1. The van der Waals surface area contributed by atoms with Crippen molar-refractivity contribution in [3.05, 3.63) is 6.07 Å². The van der Waals surface area contributed by atoms with Gasteiger partial charge in [-0.3, -0.25) is 9.36 Å². The number of hydrogen-bond donors (Lipinski definition) is 3. The van der Waals surface area contributed by atoms with E-state index in [0.29, 0.717) is 63.5 Å². The van der Waals surface area contributed by atoms with Gasteiger partial charge in [0.1, 0.15) is 0 Å². The fourth-order valence-corrected chi connectivity index (χ4v) is 4.68. The highest BCUT2D eigenvalue weighted by molar-refractivity contribution is 9.09. The number of halogens is 1. The van der Waals surface area contributed by atoms with Gasteiger partial charge in [-0.05, 0) is 30.1 Å². The average Bonchev–Trinajstić information content (AvgIpc) is 3.01. The number of carbonyl (C=O) groups is 1. The number of thioether (sulfide) groups is 2. The molecule has 0 saturated heterocycles. The standard InChI is InChI=1S/C20H35BrN2O6S2/c1-16(15-30-2)3-12-31-17-13-19(25)23(20(17)26)5-7-28-9-11-29-10-8-27-6-4-22-18(24)14-21/h13,16,25-26H,3-12,14-15H2,1-2H3,(H,22,24). The van der Waals surface area contributed by atoms with Crippen LogP contribution >= 0.6 is 39.5 Å². The third-order valence-electron chi connectivity index (χ3n) is 4.23. The van der Waals surface area contributed by atoms with Crippen molar-refractivity contribution < 1.29 is 29.2 Å². The van der Waals surface area contributed by atoms with E-state index < -0.39 is 0 Å². The summed E-state index contributed by atoms with van der Waals surface area (Å²) in [6, 6.07) is 1.60. The minimum absolute atomic E-state index is 0.0430. The molecule has 1 atom stereocenters. The van der Waals surface area contributed by atoms with Crippen LogP contribution in [-0.4, -0.2) is 90.0 Å². The molecule has 0 aliphatic heterocycles. The molecule has 1 unspecified atom stereocenters. The van der Waals surface area contributed by atoms with Gasteiger partial charge in [0.2, 0.25) is 11.8 Å². The fraction of sp³-hybridized carbons (Fsp3) is 0.750. The molecule has 0 saturated carbocycles. The summed E-state index contributed by atoms with van der Waals surface area (Å²) in [4.78, 5) is 11.7. The zero-order chi connectivity index (χ0) is 22.9. The lowest BCUT2D eigenvalue weighted by atomic mass is 10.2. The Bertz CT molecular complexity index is 621. The van der Waals surface area contributed by atoms with E-state index in [1.165, 1.54) is 4.57 Å². The van der Waals surface area contributed by atoms with Crippen molar-refractivity contribution in [1.29, 1.82) is 0 Å². The van der Waals surface area contributed by atoms with Crippen LogP contribution in [0.15, 0.2) is 11.0 Å². The maximum atomic E-state index is 11.0. The van der Waals surface area contributed by atoms with E-state index in [-0.39, 0.29) is 23.0 Å². The van der Waals surface area contributed by atoms with E-state index in [0.717, 1.165) is 17.9 Å². The van der Waals surface area contributed by atoms with Crippen molar-refractivity contribution in [3.63, 3.8) is 0 Å². The van der Waals surface area contributed by atoms with Crippen molar-refractivity contribution in [2.45, 2.75) is 24.8 Å². The molecule has 0 radical (unpaired) electrons. The maximum Gasteiger partial charge on any atom is 0.230 e. The first-order chi connectivity index (χ1) is 15.0. The van der Waals surface area contributed by atoms with Crippen LogP contribution in [0.4, 0.5) is 0 Å². The van der Waals surface area contributed by atoms with Crippen molar-refractivity contribution in [3.8, 4) is 11.8 Å². The van der Waals surface area contributed by atoms with E-state index in [9.17, 15) is 15.0 Å². The highest BCUT2D eigenvalue weighted by Gasteiger charge is 2.14. The maximum absolute atomic E-state index is 11.0. The van der Waals surface area contributed by atoms with Crippen LogP contribution in [0.25, 0.3) is 0 Å². The van der Waals surface area contributed by atoms with Crippen molar-refractivity contribution in [2.24, 2.45) is 5.92 Å². The van der Waals surface area contributed by atoms with Crippen molar-refractivity contribution in [1.82, 2.24) is 9.88 Å². The van der Waals surface area contributed by atoms with Gasteiger partial charge in [-0.2, -0.15) is 11.8 Å². The molecule has 0 fully saturated rings. The number of rotatable bonds is 19. The monoisotopic (exact) mass is 542 g/mol. The second-order valence-electron chi connectivity index (χ2n) is 6.86. The van der Waals surface area contributed by atoms with Gasteiger partial charge >= 0.3 is 0 Å². The summed E-state index contributed by atoms with van der Waals surface area (Å²) >= 11 is 6.48. The number of amides is 1. The van der Waals surface area contributed by atoms with Crippen LogP contribution in [0.3, 0.4) is 0 Å². The number of ether oxygens (including phenoxy) is 3. The normalized spacial score (nSPS) is 12.2. The smallest absolute Gasteiger partial charge is 0.230 e. The molecule has 1 aromatic rings. The largest absolute Gasteiger partial charge is 0.494 e. The summed E-state index contributed by atoms with van der Waals surface area (Å²) in [6.45, 7) is 5.62. The zero-order valence-electron chi connectivity index (χ0n) is 18.3. The molecule has 8 nitrogen and oxygen atoms in total. The SMILES string of the molecule is CSCC(C)CCSc1cc(O)n(CCOCCOCCOCCNC(=O)CBr)c1O. The number of hydrogen-bond acceptors (Lipinski definition) is 8. The molecule has 3 N–H and O–H groups in total.